The van der Waals surface area contributed by atoms with E-state index >= 15 is 0 Å². The molecule has 6 nitrogen and oxygen atoms in total. The monoisotopic (exact) mass is 377 g/mol. The maximum Gasteiger partial charge on any atom is 0.341 e. The van der Waals surface area contributed by atoms with Crippen LogP contribution in [0.25, 0.3) is 0 Å². The Morgan fingerprint density at radius 2 is 1.78 bits per heavy atom. The summed E-state index contributed by atoms with van der Waals surface area (Å²) in [7, 11) is 0. The summed E-state index contributed by atoms with van der Waals surface area (Å²) in [5, 5.41) is 2.93. The Labute approximate surface area is 161 Å². The highest BCUT2D eigenvalue weighted by Gasteiger charge is 2.42. The van der Waals surface area contributed by atoms with Crippen LogP contribution in [-0.4, -0.2) is 37.3 Å². The number of carbonyl (C=O) groups excluding carboxylic acids is 2. The average Bonchev–Trinajstić information content (AvgIpc) is 3.15. The average molecular weight is 377 g/mol. The highest BCUT2D eigenvalue weighted by atomic mass is 16.5. The van der Waals surface area contributed by atoms with Crippen LogP contribution < -0.4 is 10.1 Å². The van der Waals surface area contributed by atoms with Crippen molar-refractivity contribution >= 4 is 17.6 Å². The van der Waals surface area contributed by atoms with Crippen LogP contribution in [0.15, 0.2) is 18.2 Å². The Morgan fingerprint density at radius 3 is 2.41 bits per heavy atom. The van der Waals surface area contributed by atoms with Gasteiger partial charge in [-0.05, 0) is 63.6 Å². The molecule has 1 aromatic carbocycles. The van der Waals surface area contributed by atoms with Crippen LogP contribution in [0.2, 0.25) is 0 Å². The molecular weight excluding hydrogens is 346 g/mol. The Bertz CT molecular complexity index is 637. The highest BCUT2D eigenvalue weighted by molar-refractivity contribution is 6.00. The maximum absolute atomic E-state index is 12.9. The van der Waals surface area contributed by atoms with Gasteiger partial charge in [-0.15, -0.1) is 0 Å². The first-order valence-corrected chi connectivity index (χ1v) is 9.95. The normalized spacial score (nSPS) is 15.4. The van der Waals surface area contributed by atoms with E-state index in [1.54, 1.807) is 25.1 Å². The van der Waals surface area contributed by atoms with Crippen molar-refractivity contribution in [3.05, 3.63) is 23.8 Å². The minimum absolute atomic E-state index is 0.148. The van der Waals surface area contributed by atoms with E-state index in [2.05, 4.69) is 5.32 Å². The third-order valence-corrected chi connectivity index (χ3v) is 4.60. The summed E-state index contributed by atoms with van der Waals surface area (Å²) in [5.74, 6) is -0.144. The molecule has 1 fully saturated rings. The van der Waals surface area contributed by atoms with Crippen molar-refractivity contribution in [2.24, 2.45) is 0 Å². The molecule has 0 aromatic heterocycles. The summed E-state index contributed by atoms with van der Waals surface area (Å²) < 4.78 is 16.7. The quantitative estimate of drug-likeness (QED) is 0.614. The van der Waals surface area contributed by atoms with Gasteiger partial charge in [0.25, 0.3) is 5.91 Å². The molecule has 0 aliphatic heterocycles. The van der Waals surface area contributed by atoms with Crippen LogP contribution in [0.3, 0.4) is 0 Å². The van der Waals surface area contributed by atoms with Crippen molar-refractivity contribution in [3.63, 3.8) is 0 Å². The highest BCUT2D eigenvalue weighted by Crippen LogP contribution is 2.35. The number of esters is 1. The Hall–Kier alpha value is -2.08. The maximum atomic E-state index is 12.9. The summed E-state index contributed by atoms with van der Waals surface area (Å²) >= 11 is 0. The van der Waals surface area contributed by atoms with Gasteiger partial charge < -0.3 is 19.5 Å². The molecular formula is C21H31NO5. The lowest BCUT2D eigenvalue weighted by molar-refractivity contribution is -0.140. The van der Waals surface area contributed by atoms with Crippen molar-refractivity contribution in [1.29, 1.82) is 0 Å². The third-order valence-electron chi connectivity index (χ3n) is 4.60. The molecule has 0 spiro atoms. The molecule has 1 aromatic rings. The van der Waals surface area contributed by atoms with E-state index < -0.39 is 11.6 Å². The lowest BCUT2D eigenvalue weighted by Gasteiger charge is -2.28. The molecule has 1 aliphatic carbocycles. The number of amides is 1. The number of anilines is 1. The van der Waals surface area contributed by atoms with E-state index in [9.17, 15) is 9.59 Å². The molecule has 2 rings (SSSR count). The molecule has 6 heteroatoms. The molecule has 0 heterocycles. The van der Waals surface area contributed by atoms with Crippen molar-refractivity contribution in [1.82, 2.24) is 0 Å². The van der Waals surface area contributed by atoms with Gasteiger partial charge in [-0.1, -0.05) is 13.8 Å². The Morgan fingerprint density at radius 1 is 1.07 bits per heavy atom. The second kappa shape index (κ2) is 10.3. The zero-order chi connectivity index (χ0) is 19.7. The van der Waals surface area contributed by atoms with Crippen LogP contribution in [-0.2, 0) is 14.3 Å². The number of rotatable bonds is 10. The Kier molecular flexibility index (Phi) is 8.10. The molecule has 0 saturated heterocycles. The van der Waals surface area contributed by atoms with Gasteiger partial charge in [0.2, 0.25) is 0 Å². The molecule has 0 bridgehead atoms. The zero-order valence-electron chi connectivity index (χ0n) is 16.6. The first-order valence-electron chi connectivity index (χ1n) is 9.95. The minimum Gasteiger partial charge on any atom is -0.493 e. The van der Waals surface area contributed by atoms with Gasteiger partial charge in [0.05, 0.1) is 13.2 Å². The molecule has 1 saturated carbocycles. The molecule has 1 amide bonds. The smallest absolute Gasteiger partial charge is 0.341 e. The number of ether oxygens (including phenoxy) is 3. The zero-order valence-corrected chi connectivity index (χ0v) is 16.6. The van der Waals surface area contributed by atoms with Crippen molar-refractivity contribution in [3.8, 4) is 5.75 Å². The predicted molar refractivity (Wildman–Crippen MR) is 104 cm³/mol. The summed E-state index contributed by atoms with van der Waals surface area (Å²) in [6.07, 6.45) is 5.11. The molecule has 150 valence electrons. The summed E-state index contributed by atoms with van der Waals surface area (Å²) in [6.45, 7) is 7.12. The van der Waals surface area contributed by atoms with Gasteiger partial charge in [0.15, 0.2) is 0 Å². The van der Waals surface area contributed by atoms with E-state index in [0.717, 1.165) is 38.5 Å². The van der Waals surface area contributed by atoms with E-state index in [1.165, 1.54) is 0 Å². The number of nitrogens with one attached hydrogen (secondary N) is 1. The van der Waals surface area contributed by atoms with Crippen molar-refractivity contribution < 1.29 is 23.8 Å². The fraction of sp³-hybridized carbons (Fsp3) is 0.619. The van der Waals surface area contributed by atoms with Crippen LogP contribution in [0, 0.1) is 0 Å². The molecule has 0 unspecified atom stereocenters. The van der Waals surface area contributed by atoms with E-state index in [0.29, 0.717) is 30.2 Å². The van der Waals surface area contributed by atoms with Crippen molar-refractivity contribution in [2.75, 3.05) is 25.1 Å². The second-order valence-corrected chi connectivity index (χ2v) is 6.78. The largest absolute Gasteiger partial charge is 0.493 e. The Balaban J connectivity index is 2.20. The summed E-state index contributed by atoms with van der Waals surface area (Å²) in [5.41, 5.74) is 0.0913. The standard InChI is InChI=1S/C21H31NO5/c1-4-13-26-18-10-9-16(15-17(18)19(23)25-6-3)22-20(24)21(27-14-5-2)11-7-8-12-21/h9-10,15H,4-8,11-14H2,1-3H3,(H,22,24). The van der Waals surface area contributed by atoms with Gasteiger partial charge in [-0.2, -0.15) is 0 Å². The van der Waals surface area contributed by atoms with Gasteiger partial charge >= 0.3 is 5.97 Å². The lowest BCUT2D eigenvalue weighted by atomic mass is 10.0. The van der Waals surface area contributed by atoms with Gasteiger partial charge in [-0.25, -0.2) is 4.79 Å². The summed E-state index contributed by atoms with van der Waals surface area (Å²) in [4.78, 5) is 25.2. The minimum atomic E-state index is -0.766. The molecule has 0 radical (unpaired) electrons. The second-order valence-electron chi connectivity index (χ2n) is 6.78. The first kappa shape index (κ1) is 21.2. The number of carbonyl (C=O) groups is 2. The van der Waals surface area contributed by atoms with Gasteiger partial charge in [-0.3, -0.25) is 4.79 Å². The van der Waals surface area contributed by atoms with E-state index in [4.69, 9.17) is 14.2 Å². The number of benzene rings is 1. The van der Waals surface area contributed by atoms with Crippen LogP contribution in [0.1, 0.15) is 69.7 Å². The fourth-order valence-electron chi connectivity index (χ4n) is 3.24. The molecule has 1 aliphatic rings. The van der Waals surface area contributed by atoms with E-state index in [-0.39, 0.29) is 12.5 Å². The van der Waals surface area contributed by atoms with Crippen LogP contribution in [0.4, 0.5) is 5.69 Å². The number of hydrogen-bond donors (Lipinski definition) is 1. The summed E-state index contributed by atoms with van der Waals surface area (Å²) in [6, 6.07) is 5.06. The van der Waals surface area contributed by atoms with Gasteiger partial charge in [0.1, 0.15) is 16.9 Å². The predicted octanol–water partition coefficient (Wildman–Crippen LogP) is 4.33. The fourth-order valence-corrected chi connectivity index (χ4v) is 3.24. The van der Waals surface area contributed by atoms with Crippen LogP contribution in [0.5, 0.6) is 5.75 Å². The molecule has 27 heavy (non-hydrogen) atoms. The van der Waals surface area contributed by atoms with Crippen molar-refractivity contribution in [2.45, 2.75) is 64.9 Å². The molecule has 1 N–H and O–H groups in total. The van der Waals surface area contributed by atoms with Crippen LogP contribution >= 0.6 is 0 Å². The van der Waals surface area contributed by atoms with E-state index in [1.807, 2.05) is 13.8 Å². The third kappa shape index (κ3) is 5.45. The lowest BCUT2D eigenvalue weighted by Crippen LogP contribution is -2.43. The topological polar surface area (TPSA) is 73.9 Å². The number of hydrogen-bond acceptors (Lipinski definition) is 5. The van der Waals surface area contributed by atoms with Gasteiger partial charge in [0, 0.05) is 12.3 Å². The first-order chi connectivity index (χ1) is 13.1. The SMILES string of the molecule is CCCOc1ccc(NC(=O)C2(OCCC)CCCC2)cc1C(=O)OCC. The molecule has 0 atom stereocenters.